The predicted molar refractivity (Wildman–Crippen MR) is 72.2 cm³/mol. The summed E-state index contributed by atoms with van der Waals surface area (Å²) >= 11 is 6.49. The number of aromatic amines is 1. The second kappa shape index (κ2) is 5.87. The molecular weight excluding hydrogens is 270 g/mol. The number of aryl methyl sites for hydroxylation is 1. The van der Waals surface area contributed by atoms with Gasteiger partial charge in [-0.2, -0.15) is 5.10 Å². The zero-order valence-electron chi connectivity index (χ0n) is 9.84. The molecule has 0 fully saturated rings. The number of carbonyl (C=O) groups excluding carboxylic acids is 1. The summed E-state index contributed by atoms with van der Waals surface area (Å²) < 4.78 is 2.18. The summed E-state index contributed by atoms with van der Waals surface area (Å²) in [7, 11) is 0. The molecule has 2 N–H and O–H groups in total. The summed E-state index contributed by atoms with van der Waals surface area (Å²) in [5.74, 6) is 0.650. The molecular formula is C10H13N5OS2. The number of hydrogen-bond acceptors (Lipinski definition) is 5. The van der Waals surface area contributed by atoms with Crippen LogP contribution in [0, 0.1) is 4.77 Å². The first-order valence-corrected chi connectivity index (χ1v) is 6.83. The molecule has 0 aliphatic carbocycles. The summed E-state index contributed by atoms with van der Waals surface area (Å²) in [5, 5.41) is 11.9. The Kier molecular flexibility index (Phi) is 4.21. The van der Waals surface area contributed by atoms with Gasteiger partial charge in [0, 0.05) is 18.0 Å². The van der Waals surface area contributed by atoms with Gasteiger partial charge < -0.3 is 5.32 Å². The average molecular weight is 283 g/mol. The Labute approximate surface area is 113 Å². The monoisotopic (exact) mass is 283 g/mol. The molecule has 0 aromatic carbocycles. The van der Waals surface area contributed by atoms with Crippen molar-refractivity contribution in [1.82, 2.24) is 19.7 Å². The van der Waals surface area contributed by atoms with E-state index in [-0.39, 0.29) is 12.5 Å². The SMILES string of the molecule is CCCc1n[nH]c(=S)n1CC(=O)Nc1nccs1. The number of H-pyrrole nitrogens is 1. The lowest BCUT2D eigenvalue weighted by atomic mass is 10.3. The van der Waals surface area contributed by atoms with Gasteiger partial charge in [-0.05, 0) is 18.6 Å². The van der Waals surface area contributed by atoms with Gasteiger partial charge in [-0.15, -0.1) is 11.3 Å². The van der Waals surface area contributed by atoms with E-state index in [4.69, 9.17) is 12.2 Å². The minimum atomic E-state index is -0.153. The first-order chi connectivity index (χ1) is 8.70. The van der Waals surface area contributed by atoms with Crippen LogP contribution in [0.2, 0.25) is 0 Å². The van der Waals surface area contributed by atoms with Gasteiger partial charge in [0.15, 0.2) is 9.90 Å². The molecule has 2 heterocycles. The van der Waals surface area contributed by atoms with E-state index in [1.165, 1.54) is 11.3 Å². The second-order valence-corrected chi connectivity index (χ2v) is 4.95. The first-order valence-electron chi connectivity index (χ1n) is 5.54. The van der Waals surface area contributed by atoms with Crippen molar-refractivity contribution in [1.29, 1.82) is 0 Å². The maximum atomic E-state index is 11.8. The van der Waals surface area contributed by atoms with Crippen LogP contribution in [-0.2, 0) is 17.8 Å². The van der Waals surface area contributed by atoms with Crippen molar-refractivity contribution in [3.05, 3.63) is 22.2 Å². The van der Waals surface area contributed by atoms with Crippen molar-refractivity contribution in [2.24, 2.45) is 0 Å². The van der Waals surface area contributed by atoms with Crippen LogP contribution >= 0.6 is 23.6 Å². The molecule has 8 heteroatoms. The molecule has 0 radical (unpaired) electrons. The highest BCUT2D eigenvalue weighted by Crippen LogP contribution is 2.10. The Morgan fingerprint density at radius 1 is 1.67 bits per heavy atom. The highest BCUT2D eigenvalue weighted by atomic mass is 32.1. The molecule has 0 spiro atoms. The van der Waals surface area contributed by atoms with Gasteiger partial charge >= 0.3 is 0 Å². The Morgan fingerprint density at radius 3 is 3.17 bits per heavy atom. The largest absolute Gasteiger partial charge is 0.300 e. The number of rotatable bonds is 5. The highest BCUT2D eigenvalue weighted by Gasteiger charge is 2.10. The molecule has 6 nitrogen and oxygen atoms in total. The number of hydrogen-bond donors (Lipinski definition) is 2. The van der Waals surface area contributed by atoms with E-state index < -0.39 is 0 Å². The van der Waals surface area contributed by atoms with Gasteiger partial charge in [-0.25, -0.2) is 4.98 Å². The second-order valence-electron chi connectivity index (χ2n) is 3.67. The third-order valence-corrected chi connectivity index (χ3v) is 3.29. The molecule has 2 aromatic heterocycles. The maximum Gasteiger partial charge on any atom is 0.246 e. The smallest absolute Gasteiger partial charge is 0.246 e. The highest BCUT2D eigenvalue weighted by molar-refractivity contribution is 7.71. The first kappa shape index (κ1) is 12.9. The van der Waals surface area contributed by atoms with E-state index in [0.717, 1.165) is 18.7 Å². The minimum absolute atomic E-state index is 0.153. The zero-order valence-corrected chi connectivity index (χ0v) is 11.5. The van der Waals surface area contributed by atoms with Gasteiger partial charge in [0.05, 0.1) is 0 Å². The van der Waals surface area contributed by atoms with Crippen molar-refractivity contribution in [2.45, 2.75) is 26.3 Å². The summed E-state index contributed by atoms with van der Waals surface area (Å²) in [6.07, 6.45) is 3.39. The number of thiazole rings is 1. The molecule has 0 bridgehead atoms. The van der Waals surface area contributed by atoms with Crippen LogP contribution < -0.4 is 5.32 Å². The summed E-state index contributed by atoms with van der Waals surface area (Å²) in [4.78, 5) is 15.8. The Balaban J connectivity index is 2.06. The van der Waals surface area contributed by atoms with Gasteiger partial charge in [-0.3, -0.25) is 14.5 Å². The van der Waals surface area contributed by atoms with E-state index in [9.17, 15) is 4.79 Å². The molecule has 0 unspecified atom stereocenters. The van der Waals surface area contributed by atoms with Crippen LogP contribution in [0.3, 0.4) is 0 Å². The molecule has 0 saturated heterocycles. The van der Waals surface area contributed by atoms with Crippen LogP contribution in [0.25, 0.3) is 0 Å². The Bertz CT molecular complexity index is 571. The van der Waals surface area contributed by atoms with Crippen LogP contribution in [0.4, 0.5) is 5.13 Å². The summed E-state index contributed by atoms with van der Waals surface area (Å²) in [6, 6.07) is 0. The third kappa shape index (κ3) is 3.02. The van der Waals surface area contributed by atoms with Gasteiger partial charge in [-0.1, -0.05) is 6.92 Å². The Hall–Kier alpha value is -1.54. The molecule has 18 heavy (non-hydrogen) atoms. The van der Waals surface area contributed by atoms with Crippen LogP contribution in [0.15, 0.2) is 11.6 Å². The van der Waals surface area contributed by atoms with Crippen molar-refractivity contribution >= 4 is 34.6 Å². The number of nitrogens with one attached hydrogen (secondary N) is 2. The molecule has 1 amide bonds. The van der Waals surface area contributed by atoms with Crippen molar-refractivity contribution in [2.75, 3.05) is 5.32 Å². The number of nitrogens with zero attached hydrogens (tertiary/aromatic N) is 3. The van der Waals surface area contributed by atoms with Crippen molar-refractivity contribution in [3.63, 3.8) is 0 Å². The van der Waals surface area contributed by atoms with E-state index in [2.05, 4.69) is 27.4 Å². The topological polar surface area (TPSA) is 75.6 Å². The summed E-state index contributed by atoms with van der Waals surface area (Å²) in [6.45, 7) is 2.21. The molecule has 0 aliphatic rings. The predicted octanol–water partition coefficient (Wildman–Crippen LogP) is 1.99. The number of amides is 1. The molecule has 96 valence electrons. The normalized spacial score (nSPS) is 10.5. The zero-order chi connectivity index (χ0) is 13.0. The molecule has 0 saturated carbocycles. The van der Waals surface area contributed by atoms with Crippen molar-refractivity contribution < 1.29 is 4.79 Å². The van der Waals surface area contributed by atoms with Crippen LogP contribution in [0.1, 0.15) is 19.2 Å². The molecule has 0 atom stereocenters. The molecule has 0 aliphatic heterocycles. The van der Waals surface area contributed by atoms with Gasteiger partial charge in [0.1, 0.15) is 12.4 Å². The standard InChI is InChI=1S/C10H13N5OS2/c1-2-3-7-13-14-10(17)15(7)6-8(16)12-9-11-4-5-18-9/h4-5H,2-3,6H2,1H3,(H,14,17)(H,11,12,16). The number of aromatic nitrogens is 4. The van der Waals surface area contributed by atoms with E-state index in [0.29, 0.717) is 9.90 Å². The number of carbonyl (C=O) groups is 1. The van der Waals surface area contributed by atoms with Crippen LogP contribution in [-0.4, -0.2) is 25.7 Å². The van der Waals surface area contributed by atoms with E-state index in [1.807, 2.05) is 5.38 Å². The summed E-state index contributed by atoms with van der Waals surface area (Å²) in [5.41, 5.74) is 0. The Morgan fingerprint density at radius 2 is 2.50 bits per heavy atom. The average Bonchev–Trinajstić information content (AvgIpc) is 2.94. The fourth-order valence-electron chi connectivity index (χ4n) is 1.52. The van der Waals surface area contributed by atoms with Gasteiger partial charge in [0.25, 0.3) is 0 Å². The number of anilines is 1. The third-order valence-electron chi connectivity index (χ3n) is 2.29. The lowest BCUT2D eigenvalue weighted by Gasteiger charge is -2.05. The fourth-order valence-corrected chi connectivity index (χ4v) is 2.28. The van der Waals surface area contributed by atoms with Crippen molar-refractivity contribution in [3.8, 4) is 0 Å². The maximum absolute atomic E-state index is 11.8. The lowest BCUT2D eigenvalue weighted by Crippen LogP contribution is -2.20. The molecule has 2 aromatic rings. The van der Waals surface area contributed by atoms with Crippen LogP contribution in [0.5, 0.6) is 0 Å². The van der Waals surface area contributed by atoms with E-state index >= 15 is 0 Å². The quantitative estimate of drug-likeness (QED) is 0.823. The fraction of sp³-hybridized carbons (Fsp3) is 0.400. The lowest BCUT2D eigenvalue weighted by molar-refractivity contribution is -0.116. The molecule has 2 rings (SSSR count). The van der Waals surface area contributed by atoms with E-state index in [1.54, 1.807) is 10.8 Å². The van der Waals surface area contributed by atoms with Gasteiger partial charge in [0.2, 0.25) is 5.91 Å². The minimum Gasteiger partial charge on any atom is -0.300 e.